The monoisotopic (exact) mass is 193 g/mol. The fraction of sp³-hybridized carbons (Fsp3) is 0.727. The normalized spacial score (nSPS) is 24.6. The predicted octanol–water partition coefficient (Wildman–Crippen LogP) is 1.75. The van der Waals surface area contributed by atoms with Gasteiger partial charge in [0.15, 0.2) is 0 Å². The van der Waals surface area contributed by atoms with Gasteiger partial charge >= 0.3 is 0 Å². The lowest BCUT2D eigenvalue weighted by atomic mass is 9.67. The van der Waals surface area contributed by atoms with Gasteiger partial charge in [-0.3, -0.25) is 0 Å². The van der Waals surface area contributed by atoms with Crippen LogP contribution in [0.1, 0.15) is 38.4 Å². The smallest absolute Gasteiger partial charge is 0.0950 e. The van der Waals surface area contributed by atoms with Crippen molar-refractivity contribution in [2.45, 2.75) is 39.2 Å². The fourth-order valence-electron chi connectivity index (χ4n) is 2.32. The summed E-state index contributed by atoms with van der Waals surface area (Å²) >= 11 is 0. The van der Waals surface area contributed by atoms with Crippen molar-refractivity contribution < 1.29 is 0 Å². The van der Waals surface area contributed by atoms with Crippen LogP contribution in [0.2, 0.25) is 0 Å². The molecule has 1 aromatic heterocycles. The van der Waals surface area contributed by atoms with Crippen molar-refractivity contribution in [1.29, 1.82) is 0 Å². The van der Waals surface area contributed by atoms with Crippen molar-refractivity contribution in [2.75, 3.05) is 6.54 Å². The Labute approximate surface area is 85.3 Å². The molecule has 1 aliphatic rings. The molecule has 2 N–H and O–H groups in total. The van der Waals surface area contributed by atoms with Crippen molar-refractivity contribution >= 4 is 0 Å². The van der Waals surface area contributed by atoms with Gasteiger partial charge in [-0.05, 0) is 24.8 Å². The summed E-state index contributed by atoms with van der Waals surface area (Å²) < 4.78 is 2.32. The second kappa shape index (κ2) is 3.39. The zero-order valence-corrected chi connectivity index (χ0v) is 9.03. The molecule has 1 aromatic rings. The van der Waals surface area contributed by atoms with Gasteiger partial charge in [0.2, 0.25) is 0 Å². The minimum Gasteiger partial charge on any atom is -0.331 e. The average Bonchev–Trinajstić information content (AvgIpc) is 2.53. The maximum absolute atomic E-state index is 5.57. The molecular formula is C11H19N3. The fourth-order valence-corrected chi connectivity index (χ4v) is 2.32. The number of imidazole rings is 1. The number of rotatable bonds is 3. The SMILES string of the molecule is CC1(C)CCC1n1cncc1CCN. The summed E-state index contributed by atoms with van der Waals surface area (Å²) in [5.41, 5.74) is 7.29. The van der Waals surface area contributed by atoms with Gasteiger partial charge in [-0.1, -0.05) is 13.8 Å². The molecule has 0 bridgehead atoms. The Hall–Kier alpha value is -0.830. The Bertz CT molecular complexity index is 314. The van der Waals surface area contributed by atoms with Crippen molar-refractivity contribution in [3.63, 3.8) is 0 Å². The molecule has 0 radical (unpaired) electrons. The molecule has 1 aliphatic carbocycles. The molecule has 0 spiro atoms. The standard InChI is InChI=1S/C11H19N3/c1-11(2)5-3-10(11)14-8-13-7-9(14)4-6-12/h7-8,10H,3-6,12H2,1-2H3. The number of aromatic nitrogens is 2. The van der Waals surface area contributed by atoms with E-state index in [0.29, 0.717) is 18.0 Å². The van der Waals surface area contributed by atoms with Crippen molar-refractivity contribution in [3.8, 4) is 0 Å². The van der Waals surface area contributed by atoms with Gasteiger partial charge in [0.05, 0.1) is 6.33 Å². The van der Waals surface area contributed by atoms with Crippen LogP contribution in [0.5, 0.6) is 0 Å². The minimum atomic E-state index is 0.435. The van der Waals surface area contributed by atoms with Crippen LogP contribution in [-0.4, -0.2) is 16.1 Å². The summed E-state index contributed by atoms with van der Waals surface area (Å²) in [6.45, 7) is 5.36. The van der Waals surface area contributed by atoms with Crippen LogP contribution in [-0.2, 0) is 6.42 Å². The van der Waals surface area contributed by atoms with Gasteiger partial charge in [-0.15, -0.1) is 0 Å². The van der Waals surface area contributed by atoms with E-state index in [4.69, 9.17) is 5.73 Å². The van der Waals surface area contributed by atoms with Crippen molar-refractivity contribution in [3.05, 3.63) is 18.2 Å². The molecule has 1 fully saturated rings. The molecule has 0 aromatic carbocycles. The summed E-state index contributed by atoms with van der Waals surface area (Å²) in [6, 6.07) is 0.631. The highest BCUT2D eigenvalue weighted by molar-refractivity contribution is 5.06. The van der Waals surface area contributed by atoms with Crippen LogP contribution in [0.15, 0.2) is 12.5 Å². The highest BCUT2D eigenvalue weighted by Crippen LogP contribution is 2.49. The quantitative estimate of drug-likeness (QED) is 0.794. The predicted molar refractivity (Wildman–Crippen MR) is 57.0 cm³/mol. The Morgan fingerprint density at radius 3 is 2.93 bits per heavy atom. The Kier molecular flexibility index (Phi) is 2.35. The molecule has 1 atom stereocenters. The first-order valence-electron chi connectivity index (χ1n) is 5.36. The number of nitrogens with zero attached hydrogens (tertiary/aromatic N) is 2. The van der Waals surface area contributed by atoms with E-state index in [1.54, 1.807) is 0 Å². The first-order valence-corrected chi connectivity index (χ1v) is 5.36. The molecule has 78 valence electrons. The van der Waals surface area contributed by atoms with E-state index in [1.165, 1.54) is 18.5 Å². The van der Waals surface area contributed by atoms with Crippen LogP contribution in [0.25, 0.3) is 0 Å². The van der Waals surface area contributed by atoms with E-state index < -0.39 is 0 Å². The van der Waals surface area contributed by atoms with E-state index in [-0.39, 0.29) is 0 Å². The van der Waals surface area contributed by atoms with Gasteiger partial charge in [0.1, 0.15) is 0 Å². The summed E-state index contributed by atoms with van der Waals surface area (Å²) in [6.07, 6.45) is 7.43. The third-order valence-electron chi connectivity index (χ3n) is 3.45. The number of hydrogen-bond acceptors (Lipinski definition) is 2. The molecule has 2 rings (SSSR count). The van der Waals surface area contributed by atoms with E-state index in [9.17, 15) is 0 Å². The molecule has 14 heavy (non-hydrogen) atoms. The summed E-state index contributed by atoms with van der Waals surface area (Å²) in [5, 5.41) is 0. The highest BCUT2D eigenvalue weighted by Gasteiger charge is 2.40. The molecule has 0 amide bonds. The van der Waals surface area contributed by atoms with E-state index in [0.717, 1.165) is 6.42 Å². The van der Waals surface area contributed by atoms with Crippen molar-refractivity contribution in [2.24, 2.45) is 11.1 Å². The lowest BCUT2D eigenvalue weighted by Crippen LogP contribution is -2.37. The van der Waals surface area contributed by atoms with Gasteiger partial charge in [0.25, 0.3) is 0 Å². The van der Waals surface area contributed by atoms with E-state index in [2.05, 4.69) is 23.4 Å². The average molecular weight is 193 g/mol. The van der Waals surface area contributed by atoms with Crippen molar-refractivity contribution in [1.82, 2.24) is 9.55 Å². The molecule has 0 saturated heterocycles. The van der Waals surface area contributed by atoms with Crippen LogP contribution in [0.4, 0.5) is 0 Å². The Morgan fingerprint density at radius 2 is 2.43 bits per heavy atom. The summed E-state index contributed by atoms with van der Waals surface area (Å²) in [5.74, 6) is 0. The highest BCUT2D eigenvalue weighted by atomic mass is 15.1. The molecule has 1 unspecified atom stereocenters. The lowest BCUT2D eigenvalue weighted by molar-refractivity contribution is 0.0797. The van der Waals surface area contributed by atoms with E-state index in [1.807, 2.05) is 12.5 Å². The van der Waals surface area contributed by atoms with Crippen LogP contribution in [0.3, 0.4) is 0 Å². The third kappa shape index (κ3) is 1.46. The Balaban J connectivity index is 2.19. The Morgan fingerprint density at radius 1 is 1.64 bits per heavy atom. The lowest BCUT2D eigenvalue weighted by Gasteiger charge is -2.45. The molecule has 0 aliphatic heterocycles. The maximum Gasteiger partial charge on any atom is 0.0950 e. The van der Waals surface area contributed by atoms with Gasteiger partial charge in [-0.2, -0.15) is 0 Å². The van der Waals surface area contributed by atoms with Gasteiger partial charge in [-0.25, -0.2) is 4.98 Å². The second-order valence-electron chi connectivity index (χ2n) is 4.87. The molecule has 3 heteroatoms. The van der Waals surface area contributed by atoms with Crippen LogP contribution >= 0.6 is 0 Å². The molecule has 1 heterocycles. The summed E-state index contributed by atoms with van der Waals surface area (Å²) in [4.78, 5) is 4.22. The maximum atomic E-state index is 5.57. The van der Waals surface area contributed by atoms with E-state index >= 15 is 0 Å². The largest absolute Gasteiger partial charge is 0.331 e. The topological polar surface area (TPSA) is 43.8 Å². The molecular weight excluding hydrogens is 174 g/mol. The zero-order chi connectivity index (χ0) is 10.2. The molecule has 1 saturated carbocycles. The minimum absolute atomic E-state index is 0.435. The molecule has 3 nitrogen and oxygen atoms in total. The van der Waals surface area contributed by atoms with Crippen LogP contribution in [0, 0.1) is 5.41 Å². The van der Waals surface area contributed by atoms with Gasteiger partial charge in [0, 0.05) is 24.4 Å². The third-order valence-corrected chi connectivity index (χ3v) is 3.45. The van der Waals surface area contributed by atoms with Crippen LogP contribution < -0.4 is 5.73 Å². The second-order valence-corrected chi connectivity index (χ2v) is 4.87. The first-order chi connectivity index (χ1) is 6.65. The summed E-state index contributed by atoms with van der Waals surface area (Å²) in [7, 11) is 0. The zero-order valence-electron chi connectivity index (χ0n) is 9.03. The number of nitrogens with two attached hydrogens (primary N) is 1. The first kappa shape index (κ1) is 9.71. The number of hydrogen-bond donors (Lipinski definition) is 1. The van der Waals surface area contributed by atoms with Gasteiger partial charge < -0.3 is 10.3 Å².